The first kappa shape index (κ1) is 21.1. The number of nitrogens with one attached hydrogen (secondary N) is 2. The second-order valence-corrected chi connectivity index (χ2v) is 10.1. The van der Waals surface area contributed by atoms with Crippen molar-refractivity contribution in [1.29, 1.82) is 5.26 Å². The van der Waals surface area contributed by atoms with Gasteiger partial charge < -0.3 is 15.4 Å². The molecule has 6 rings (SSSR count). The molecule has 0 amide bonds. The normalized spacial score (nSPS) is 30.0. The van der Waals surface area contributed by atoms with Crippen molar-refractivity contribution in [3.63, 3.8) is 0 Å². The summed E-state index contributed by atoms with van der Waals surface area (Å²) < 4.78 is 5.43. The van der Waals surface area contributed by atoms with E-state index in [4.69, 9.17) is 4.74 Å². The number of methoxy groups -OCH3 is 1. The Bertz CT molecular complexity index is 1000. The molecule has 32 heavy (non-hydrogen) atoms. The molecule has 1 heterocycles. The number of rotatable bonds is 8. The maximum Gasteiger partial charge on any atom is 0.224 e. The van der Waals surface area contributed by atoms with E-state index in [0.29, 0.717) is 29.3 Å². The molecule has 6 heteroatoms. The van der Waals surface area contributed by atoms with Crippen LogP contribution in [0.25, 0.3) is 0 Å². The third-order valence-electron chi connectivity index (χ3n) is 8.24. The van der Waals surface area contributed by atoms with E-state index in [-0.39, 0.29) is 0 Å². The number of nitriles is 1. The summed E-state index contributed by atoms with van der Waals surface area (Å²) in [5.74, 6) is 5.62. The van der Waals surface area contributed by atoms with Crippen molar-refractivity contribution in [2.45, 2.75) is 52.0 Å². The Morgan fingerprint density at radius 2 is 1.94 bits per heavy atom. The Balaban J connectivity index is 1.28. The molecule has 1 aromatic carbocycles. The molecule has 0 aliphatic heterocycles. The van der Waals surface area contributed by atoms with Gasteiger partial charge in [0.1, 0.15) is 23.2 Å². The van der Waals surface area contributed by atoms with Gasteiger partial charge >= 0.3 is 0 Å². The Hall–Kier alpha value is -2.81. The number of aromatic nitrogens is 2. The monoisotopic (exact) mass is 431 g/mol. The van der Waals surface area contributed by atoms with Crippen molar-refractivity contribution in [3.8, 4) is 11.8 Å². The first-order valence-electron chi connectivity index (χ1n) is 12.0. The average molecular weight is 432 g/mol. The summed E-state index contributed by atoms with van der Waals surface area (Å²) in [6.07, 6.45) is 9.81. The lowest BCUT2D eigenvalue weighted by Crippen LogP contribution is -2.53. The van der Waals surface area contributed by atoms with E-state index in [2.05, 4.69) is 33.6 Å². The first-order chi connectivity index (χ1) is 15.6. The van der Waals surface area contributed by atoms with Gasteiger partial charge in [0, 0.05) is 18.7 Å². The Morgan fingerprint density at radius 3 is 2.66 bits per heavy atom. The minimum absolute atomic E-state index is 0.366. The highest BCUT2D eigenvalue weighted by atomic mass is 16.5. The van der Waals surface area contributed by atoms with Crippen LogP contribution in [0.15, 0.2) is 30.5 Å². The highest BCUT2D eigenvalue weighted by Crippen LogP contribution is 2.62. The Labute approximate surface area is 190 Å². The SMILES string of the molecule is CCC1C2CC3CC1CC(CNc1nc(NCc4ccccc4OC)ncc1C#N)(C3)C2. The molecule has 168 valence electrons. The molecule has 2 aromatic rings. The topological polar surface area (TPSA) is 82.9 Å². The van der Waals surface area contributed by atoms with Crippen molar-refractivity contribution < 1.29 is 4.74 Å². The lowest BCUT2D eigenvalue weighted by atomic mass is 9.46. The number of benzene rings is 1. The largest absolute Gasteiger partial charge is 0.496 e. The zero-order chi connectivity index (χ0) is 22.1. The molecule has 0 radical (unpaired) electrons. The first-order valence-corrected chi connectivity index (χ1v) is 12.0. The second-order valence-electron chi connectivity index (χ2n) is 10.1. The van der Waals surface area contributed by atoms with Crippen molar-refractivity contribution in [3.05, 3.63) is 41.6 Å². The fourth-order valence-corrected chi connectivity index (χ4v) is 7.16. The van der Waals surface area contributed by atoms with E-state index in [0.717, 1.165) is 41.5 Å². The van der Waals surface area contributed by atoms with Gasteiger partial charge in [-0.15, -0.1) is 0 Å². The zero-order valence-electron chi connectivity index (χ0n) is 19.1. The summed E-state index contributed by atoms with van der Waals surface area (Å²) >= 11 is 0. The summed E-state index contributed by atoms with van der Waals surface area (Å²) in [4.78, 5) is 9.02. The molecule has 2 atom stereocenters. The third kappa shape index (κ3) is 3.90. The highest BCUT2D eigenvalue weighted by Gasteiger charge is 2.54. The predicted octanol–water partition coefficient (Wildman–Crippen LogP) is 5.23. The molecular formula is C26H33N5O. The van der Waals surface area contributed by atoms with Gasteiger partial charge in [0.25, 0.3) is 0 Å². The van der Waals surface area contributed by atoms with E-state index in [1.807, 2.05) is 24.3 Å². The van der Waals surface area contributed by atoms with E-state index < -0.39 is 0 Å². The van der Waals surface area contributed by atoms with E-state index in [9.17, 15) is 5.26 Å². The minimum atomic E-state index is 0.366. The number of para-hydroxylation sites is 1. The summed E-state index contributed by atoms with van der Waals surface area (Å²) in [5, 5.41) is 16.5. The highest BCUT2D eigenvalue weighted by molar-refractivity contribution is 5.53. The zero-order valence-corrected chi connectivity index (χ0v) is 19.1. The molecule has 4 fully saturated rings. The summed E-state index contributed by atoms with van der Waals surface area (Å²) in [6, 6.07) is 10.2. The van der Waals surface area contributed by atoms with Gasteiger partial charge in [0.2, 0.25) is 5.95 Å². The fourth-order valence-electron chi connectivity index (χ4n) is 7.16. The molecular weight excluding hydrogens is 398 g/mol. The van der Waals surface area contributed by atoms with Crippen LogP contribution in [0.2, 0.25) is 0 Å². The van der Waals surface area contributed by atoms with Gasteiger partial charge in [0.15, 0.2) is 0 Å². The second kappa shape index (κ2) is 8.61. The Kier molecular flexibility index (Phi) is 5.67. The molecule has 2 N–H and O–H groups in total. The minimum Gasteiger partial charge on any atom is -0.496 e. The molecule has 4 aliphatic rings. The van der Waals surface area contributed by atoms with Crippen LogP contribution >= 0.6 is 0 Å². The van der Waals surface area contributed by atoms with Crippen LogP contribution in [-0.4, -0.2) is 23.6 Å². The Morgan fingerprint density at radius 1 is 1.16 bits per heavy atom. The number of hydrogen-bond donors (Lipinski definition) is 2. The lowest BCUT2D eigenvalue weighted by molar-refractivity contribution is -0.0893. The predicted molar refractivity (Wildman–Crippen MR) is 125 cm³/mol. The molecule has 2 unspecified atom stereocenters. The molecule has 4 saturated carbocycles. The number of nitrogens with zero attached hydrogens (tertiary/aromatic N) is 3. The molecule has 4 aliphatic carbocycles. The van der Waals surface area contributed by atoms with E-state index in [1.165, 1.54) is 38.5 Å². The number of ether oxygens (including phenoxy) is 1. The van der Waals surface area contributed by atoms with Crippen LogP contribution in [0.4, 0.5) is 11.8 Å². The van der Waals surface area contributed by atoms with Crippen LogP contribution in [0.5, 0.6) is 5.75 Å². The smallest absolute Gasteiger partial charge is 0.224 e. The molecule has 6 nitrogen and oxygen atoms in total. The molecule has 0 spiro atoms. The van der Waals surface area contributed by atoms with Gasteiger partial charge in [-0.2, -0.15) is 10.2 Å². The summed E-state index contributed by atoms with van der Waals surface area (Å²) in [5.41, 5.74) is 1.91. The van der Waals surface area contributed by atoms with Crippen LogP contribution < -0.4 is 15.4 Å². The third-order valence-corrected chi connectivity index (χ3v) is 8.24. The van der Waals surface area contributed by atoms with Crippen LogP contribution in [-0.2, 0) is 6.54 Å². The molecule has 0 saturated heterocycles. The van der Waals surface area contributed by atoms with Gasteiger partial charge in [-0.25, -0.2) is 4.98 Å². The maximum absolute atomic E-state index is 9.61. The van der Waals surface area contributed by atoms with E-state index in [1.54, 1.807) is 13.3 Å². The van der Waals surface area contributed by atoms with Gasteiger partial charge in [-0.3, -0.25) is 0 Å². The van der Waals surface area contributed by atoms with Gasteiger partial charge in [-0.05, 0) is 67.3 Å². The standard InChI is InChI=1S/C26H33N5O/c1-3-22-19-8-17-9-20(22)12-26(10-17,11-19)16-30-24-21(13-27)15-29-25(31-24)28-14-18-6-4-5-7-23(18)32-2/h4-7,15,17,19-20,22H,3,8-12,14,16H2,1-2H3,(H2,28,29,30,31). The van der Waals surface area contributed by atoms with Crippen LogP contribution in [0.3, 0.4) is 0 Å². The van der Waals surface area contributed by atoms with Crippen molar-refractivity contribution in [2.24, 2.45) is 29.1 Å². The van der Waals surface area contributed by atoms with E-state index >= 15 is 0 Å². The van der Waals surface area contributed by atoms with Crippen molar-refractivity contribution in [2.75, 3.05) is 24.3 Å². The maximum atomic E-state index is 9.61. The van der Waals surface area contributed by atoms with Crippen LogP contribution in [0, 0.1) is 40.4 Å². The van der Waals surface area contributed by atoms with Gasteiger partial charge in [-0.1, -0.05) is 31.5 Å². The summed E-state index contributed by atoms with van der Waals surface area (Å²) in [6.45, 7) is 3.84. The summed E-state index contributed by atoms with van der Waals surface area (Å²) in [7, 11) is 1.67. The quantitative estimate of drug-likeness (QED) is 0.595. The van der Waals surface area contributed by atoms with Gasteiger partial charge in [0.05, 0.1) is 13.3 Å². The fraction of sp³-hybridized carbons (Fsp3) is 0.577. The number of hydrogen-bond acceptors (Lipinski definition) is 6. The van der Waals surface area contributed by atoms with Crippen molar-refractivity contribution >= 4 is 11.8 Å². The lowest BCUT2D eigenvalue weighted by Gasteiger charge is -2.60. The van der Waals surface area contributed by atoms with Crippen LogP contribution in [0.1, 0.15) is 56.6 Å². The molecule has 4 bridgehead atoms. The average Bonchev–Trinajstić information content (AvgIpc) is 2.81. The molecule has 1 aromatic heterocycles. The van der Waals surface area contributed by atoms with Crippen molar-refractivity contribution in [1.82, 2.24) is 9.97 Å². The number of anilines is 2.